The summed E-state index contributed by atoms with van der Waals surface area (Å²) in [7, 11) is 0. The Balaban J connectivity index is 1.66. The zero-order chi connectivity index (χ0) is 14.9. The second kappa shape index (κ2) is 5.29. The van der Waals surface area contributed by atoms with Crippen LogP contribution in [0.5, 0.6) is 0 Å². The lowest BCUT2D eigenvalue weighted by atomic mass is 9.89. The summed E-state index contributed by atoms with van der Waals surface area (Å²) < 4.78 is 10.4. The Kier molecular flexibility index (Phi) is 3.14. The first-order chi connectivity index (χ1) is 10.8. The van der Waals surface area contributed by atoms with E-state index in [0.717, 1.165) is 18.4 Å². The highest BCUT2D eigenvalue weighted by Gasteiger charge is 2.17. The zero-order valence-corrected chi connectivity index (χ0v) is 12.1. The Bertz CT molecular complexity index is 793. The Labute approximate surface area is 127 Å². The van der Waals surface area contributed by atoms with Crippen molar-refractivity contribution in [1.29, 1.82) is 0 Å². The van der Waals surface area contributed by atoms with E-state index < -0.39 is 0 Å². The van der Waals surface area contributed by atoms with Crippen LogP contribution in [0.15, 0.2) is 33.4 Å². The van der Waals surface area contributed by atoms with Gasteiger partial charge in [0.25, 0.3) is 5.89 Å². The van der Waals surface area contributed by atoms with Gasteiger partial charge in [-0.2, -0.15) is 4.98 Å². The van der Waals surface area contributed by atoms with E-state index in [1.807, 2.05) is 6.07 Å². The predicted molar refractivity (Wildman–Crippen MR) is 80.1 cm³/mol. The van der Waals surface area contributed by atoms with Crippen molar-refractivity contribution < 1.29 is 9.05 Å². The van der Waals surface area contributed by atoms with Crippen LogP contribution >= 0.6 is 0 Å². The molecule has 0 bridgehead atoms. The highest BCUT2D eigenvalue weighted by atomic mass is 16.5. The van der Waals surface area contributed by atoms with E-state index in [4.69, 9.17) is 14.8 Å². The van der Waals surface area contributed by atoms with Gasteiger partial charge in [0.15, 0.2) is 5.82 Å². The molecule has 6 nitrogen and oxygen atoms in total. The maximum Gasteiger partial charge on any atom is 0.260 e. The van der Waals surface area contributed by atoms with Crippen LogP contribution in [-0.4, -0.2) is 15.3 Å². The number of rotatable bonds is 3. The Morgan fingerprint density at radius 1 is 1.09 bits per heavy atom. The molecule has 22 heavy (non-hydrogen) atoms. The number of anilines is 1. The van der Waals surface area contributed by atoms with Crippen molar-refractivity contribution in [1.82, 2.24) is 15.3 Å². The molecule has 0 saturated heterocycles. The fourth-order valence-corrected chi connectivity index (χ4v) is 2.91. The highest BCUT2D eigenvalue weighted by Crippen LogP contribution is 2.31. The number of fused-ring (bicyclic) bond motifs is 1. The van der Waals surface area contributed by atoms with Crippen LogP contribution in [0.25, 0.3) is 11.5 Å². The van der Waals surface area contributed by atoms with Crippen LogP contribution in [0.3, 0.4) is 0 Å². The van der Waals surface area contributed by atoms with Crippen LogP contribution < -0.4 is 5.73 Å². The number of nitrogen functional groups attached to an aromatic ring is 1. The van der Waals surface area contributed by atoms with E-state index in [1.165, 1.54) is 24.0 Å². The summed E-state index contributed by atoms with van der Waals surface area (Å²) in [4.78, 5) is 4.42. The topological polar surface area (TPSA) is 91.0 Å². The predicted octanol–water partition coefficient (Wildman–Crippen LogP) is 2.78. The highest BCUT2D eigenvalue weighted by molar-refractivity contribution is 5.72. The average molecular weight is 296 g/mol. The quantitative estimate of drug-likeness (QED) is 0.747. The summed E-state index contributed by atoms with van der Waals surface area (Å²) >= 11 is 0. The van der Waals surface area contributed by atoms with E-state index in [0.29, 0.717) is 29.6 Å². The number of hydrogen-bond acceptors (Lipinski definition) is 6. The molecule has 1 aliphatic carbocycles. The van der Waals surface area contributed by atoms with E-state index in [9.17, 15) is 0 Å². The van der Waals surface area contributed by atoms with Crippen molar-refractivity contribution in [2.75, 3.05) is 5.73 Å². The minimum atomic E-state index is 0.453. The van der Waals surface area contributed by atoms with Gasteiger partial charge in [-0.1, -0.05) is 10.3 Å². The third kappa shape index (κ3) is 2.36. The largest absolute Gasteiger partial charge is 0.398 e. The van der Waals surface area contributed by atoms with Crippen LogP contribution in [0.4, 0.5) is 5.69 Å². The molecular weight excluding hydrogens is 280 g/mol. The summed E-state index contributed by atoms with van der Waals surface area (Å²) in [6.45, 7) is 0. The van der Waals surface area contributed by atoms with Gasteiger partial charge in [-0.25, -0.2) is 0 Å². The minimum Gasteiger partial charge on any atom is -0.398 e. The van der Waals surface area contributed by atoms with Gasteiger partial charge < -0.3 is 14.8 Å². The average Bonchev–Trinajstić information content (AvgIpc) is 3.19. The van der Waals surface area contributed by atoms with E-state index in [-0.39, 0.29) is 0 Å². The van der Waals surface area contributed by atoms with Crippen LogP contribution in [0.1, 0.15) is 35.6 Å². The fraction of sp³-hybridized carbons (Fsp3) is 0.312. The molecule has 1 aliphatic rings. The smallest absolute Gasteiger partial charge is 0.260 e. The zero-order valence-electron chi connectivity index (χ0n) is 12.1. The molecule has 0 unspecified atom stereocenters. The van der Waals surface area contributed by atoms with Crippen molar-refractivity contribution in [3.8, 4) is 11.5 Å². The summed E-state index contributed by atoms with van der Waals surface area (Å²) in [5.41, 5.74) is 10.4. The van der Waals surface area contributed by atoms with Gasteiger partial charge in [0.2, 0.25) is 0 Å². The van der Waals surface area contributed by atoms with Crippen LogP contribution in [0, 0.1) is 0 Å². The third-order valence-corrected chi connectivity index (χ3v) is 4.04. The second-order valence-corrected chi connectivity index (χ2v) is 5.59. The van der Waals surface area contributed by atoms with Gasteiger partial charge in [-0.3, -0.25) is 0 Å². The lowest BCUT2D eigenvalue weighted by Gasteiger charge is -2.17. The first-order valence-electron chi connectivity index (χ1n) is 7.43. The van der Waals surface area contributed by atoms with Crippen LogP contribution in [-0.2, 0) is 19.3 Å². The van der Waals surface area contributed by atoms with Crippen molar-refractivity contribution in [3.63, 3.8) is 0 Å². The molecule has 2 heterocycles. The van der Waals surface area contributed by atoms with E-state index in [1.54, 1.807) is 12.3 Å². The van der Waals surface area contributed by atoms with Crippen molar-refractivity contribution in [2.24, 2.45) is 0 Å². The first-order valence-corrected chi connectivity index (χ1v) is 7.43. The van der Waals surface area contributed by atoms with E-state index in [2.05, 4.69) is 21.4 Å². The van der Waals surface area contributed by atoms with Gasteiger partial charge in [0, 0.05) is 11.8 Å². The summed E-state index contributed by atoms with van der Waals surface area (Å²) in [5, 5.41) is 7.66. The number of aryl methyl sites for hydroxylation is 2. The van der Waals surface area contributed by atoms with Crippen molar-refractivity contribution >= 4 is 5.69 Å². The summed E-state index contributed by atoms with van der Waals surface area (Å²) in [5.74, 6) is 1.72. The van der Waals surface area contributed by atoms with Gasteiger partial charge in [0.1, 0.15) is 5.76 Å². The molecule has 6 heteroatoms. The molecule has 0 fully saturated rings. The summed E-state index contributed by atoms with van der Waals surface area (Å²) in [6.07, 6.45) is 6.68. The summed E-state index contributed by atoms with van der Waals surface area (Å²) in [6, 6.07) is 5.92. The number of benzene rings is 1. The van der Waals surface area contributed by atoms with E-state index >= 15 is 0 Å². The molecule has 4 rings (SSSR count). The van der Waals surface area contributed by atoms with Crippen molar-refractivity contribution in [3.05, 3.63) is 47.1 Å². The molecular formula is C16H16N4O2. The monoisotopic (exact) mass is 296 g/mol. The molecule has 2 aromatic heterocycles. The molecule has 0 radical (unpaired) electrons. The lowest BCUT2D eigenvalue weighted by molar-refractivity contribution is 0.382. The van der Waals surface area contributed by atoms with Gasteiger partial charge in [-0.15, -0.1) is 0 Å². The number of aromatic nitrogens is 3. The Morgan fingerprint density at radius 2 is 1.91 bits per heavy atom. The Morgan fingerprint density at radius 3 is 2.68 bits per heavy atom. The molecule has 0 aliphatic heterocycles. The SMILES string of the molecule is Nc1cc2c(cc1-c1nc(Cc3ccno3)no1)CCCC2. The maximum atomic E-state index is 6.17. The van der Waals surface area contributed by atoms with Gasteiger partial charge in [0.05, 0.1) is 18.2 Å². The second-order valence-electron chi connectivity index (χ2n) is 5.59. The normalized spacial score (nSPS) is 14.0. The molecule has 0 saturated carbocycles. The number of nitrogens with two attached hydrogens (primary N) is 1. The van der Waals surface area contributed by atoms with Crippen LogP contribution in [0.2, 0.25) is 0 Å². The molecule has 3 aromatic rings. The molecule has 1 aromatic carbocycles. The molecule has 0 atom stereocenters. The van der Waals surface area contributed by atoms with Gasteiger partial charge >= 0.3 is 0 Å². The molecule has 0 spiro atoms. The molecule has 2 N–H and O–H groups in total. The van der Waals surface area contributed by atoms with Gasteiger partial charge in [-0.05, 0) is 48.9 Å². The maximum absolute atomic E-state index is 6.17. The number of hydrogen-bond donors (Lipinski definition) is 1. The third-order valence-electron chi connectivity index (χ3n) is 4.04. The molecule has 112 valence electrons. The standard InChI is InChI=1S/C16H16N4O2/c17-14-8-11-4-2-1-3-10(11)7-13(14)16-19-15(20-22-16)9-12-5-6-18-21-12/h5-8H,1-4,9,17H2. The lowest BCUT2D eigenvalue weighted by Crippen LogP contribution is -2.04. The first kappa shape index (κ1) is 13.1. The molecule has 0 amide bonds. The van der Waals surface area contributed by atoms with Crippen molar-refractivity contribution in [2.45, 2.75) is 32.1 Å². The fourth-order valence-electron chi connectivity index (χ4n) is 2.91. The minimum absolute atomic E-state index is 0.453. The number of nitrogens with zero attached hydrogens (tertiary/aromatic N) is 3. The Hall–Kier alpha value is -2.63.